The first-order valence-electron chi connectivity index (χ1n) is 10.1. The lowest BCUT2D eigenvalue weighted by molar-refractivity contribution is -0.122. The quantitative estimate of drug-likeness (QED) is 0.831. The van der Waals surface area contributed by atoms with E-state index in [0.717, 1.165) is 49.9 Å². The molecule has 1 aliphatic carbocycles. The molecule has 152 valence electrons. The van der Waals surface area contributed by atoms with Crippen molar-refractivity contribution in [2.45, 2.75) is 32.1 Å². The third-order valence-corrected chi connectivity index (χ3v) is 5.85. The Morgan fingerprint density at radius 1 is 1.00 bits per heavy atom. The summed E-state index contributed by atoms with van der Waals surface area (Å²) in [7, 11) is 3.09. The van der Waals surface area contributed by atoms with E-state index in [0.29, 0.717) is 22.7 Å². The maximum atomic E-state index is 12.9. The van der Waals surface area contributed by atoms with Crippen LogP contribution in [0.1, 0.15) is 41.6 Å². The molecule has 0 saturated heterocycles. The summed E-state index contributed by atoms with van der Waals surface area (Å²) in [6.45, 7) is 0.720. The van der Waals surface area contributed by atoms with Gasteiger partial charge in [-0.15, -0.1) is 0 Å². The molecule has 2 amide bonds. The van der Waals surface area contributed by atoms with Crippen LogP contribution in [-0.2, 0) is 11.2 Å². The topological polar surface area (TPSA) is 67.9 Å². The van der Waals surface area contributed by atoms with E-state index in [1.54, 1.807) is 25.3 Å². The van der Waals surface area contributed by atoms with E-state index in [1.807, 2.05) is 23.1 Å². The average molecular weight is 394 g/mol. The fourth-order valence-electron chi connectivity index (χ4n) is 4.26. The first kappa shape index (κ1) is 19.3. The van der Waals surface area contributed by atoms with Crippen LogP contribution in [0.3, 0.4) is 0 Å². The van der Waals surface area contributed by atoms with Crippen LogP contribution in [0.5, 0.6) is 11.5 Å². The summed E-state index contributed by atoms with van der Waals surface area (Å²) >= 11 is 0. The number of carbonyl (C=O) groups is 2. The van der Waals surface area contributed by atoms with E-state index < -0.39 is 0 Å². The Morgan fingerprint density at radius 2 is 1.76 bits per heavy atom. The summed E-state index contributed by atoms with van der Waals surface area (Å²) in [4.78, 5) is 27.5. The summed E-state index contributed by atoms with van der Waals surface area (Å²) in [5.41, 5.74) is 3.23. The summed E-state index contributed by atoms with van der Waals surface area (Å²) in [6.07, 6.45) is 5.11. The number of ether oxygens (including phenoxy) is 2. The van der Waals surface area contributed by atoms with E-state index in [9.17, 15) is 9.59 Å². The molecule has 0 atom stereocenters. The van der Waals surface area contributed by atoms with E-state index in [2.05, 4.69) is 5.32 Å². The van der Waals surface area contributed by atoms with Crippen LogP contribution in [0.25, 0.3) is 0 Å². The van der Waals surface area contributed by atoms with Gasteiger partial charge >= 0.3 is 0 Å². The lowest BCUT2D eigenvalue weighted by atomic mass is 10.1. The minimum atomic E-state index is -0.238. The molecule has 2 aromatic carbocycles. The number of anilines is 2. The highest BCUT2D eigenvalue weighted by Gasteiger charge is 2.32. The number of hydrogen-bond donors (Lipinski definition) is 1. The number of methoxy groups -OCH3 is 2. The summed E-state index contributed by atoms with van der Waals surface area (Å²) in [6, 6.07) is 10.9. The number of nitrogens with one attached hydrogen (secondary N) is 1. The standard InChI is InChI=1S/C23H26N2O4/c1-28-20-10-8-17(13-21(20)29-2)22(26)24-18-9-7-15-11-12-25(19(15)14-18)23(27)16-5-3-4-6-16/h7-10,13-14,16H,3-6,11-12H2,1-2H3,(H,24,26). The van der Waals surface area contributed by atoms with Crippen LogP contribution in [0.2, 0.25) is 0 Å². The number of hydrogen-bond acceptors (Lipinski definition) is 4. The summed E-state index contributed by atoms with van der Waals surface area (Å²) < 4.78 is 10.5. The van der Waals surface area contributed by atoms with Crippen molar-refractivity contribution in [3.63, 3.8) is 0 Å². The van der Waals surface area contributed by atoms with Crippen molar-refractivity contribution < 1.29 is 19.1 Å². The van der Waals surface area contributed by atoms with Crippen LogP contribution in [0.4, 0.5) is 11.4 Å². The molecule has 6 heteroatoms. The first-order chi connectivity index (χ1) is 14.1. The molecule has 0 radical (unpaired) electrons. The largest absolute Gasteiger partial charge is 0.493 e. The van der Waals surface area contributed by atoms with Crippen LogP contribution < -0.4 is 19.7 Å². The molecule has 0 unspecified atom stereocenters. The van der Waals surface area contributed by atoms with Crippen molar-refractivity contribution in [1.29, 1.82) is 0 Å². The second-order valence-electron chi connectivity index (χ2n) is 7.59. The van der Waals surface area contributed by atoms with Crippen LogP contribution in [-0.4, -0.2) is 32.6 Å². The molecule has 1 saturated carbocycles. The van der Waals surface area contributed by atoms with E-state index in [1.165, 1.54) is 7.11 Å². The molecular weight excluding hydrogens is 368 g/mol. The molecule has 0 bridgehead atoms. The van der Waals surface area contributed by atoms with Gasteiger partial charge in [0.05, 0.1) is 14.2 Å². The van der Waals surface area contributed by atoms with Gasteiger partial charge in [-0.05, 0) is 55.2 Å². The Balaban J connectivity index is 1.52. The third kappa shape index (κ3) is 3.79. The Kier molecular flexibility index (Phi) is 5.43. The van der Waals surface area contributed by atoms with Gasteiger partial charge < -0.3 is 19.7 Å². The molecule has 29 heavy (non-hydrogen) atoms. The van der Waals surface area contributed by atoms with Gasteiger partial charge in [0.15, 0.2) is 11.5 Å². The van der Waals surface area contributed by atoms with E-state index in [4.69, 9.17) is 9.47 Å². The zero-order valence-electron chi connectivity index (χ0n) is 16.9. The van der Waals surface area contributed by atoms with Crippen LogP contribution in [0.15, 0.2) is 36.4 Å². The molecule has 1 N–H and O–H groups in total. The molecule has 1 heterocycles. The number of amides is 2. The van der Waals surface area contributed by atoms with Gasteiger partial charge in [-0.1, -0.05) is 18.9 Å². The van der Waals surface area contributed by atoms with Crippen molar-refractivity contribution in [3.8, 4) is 11.5 Å². The number of nitrogens with zero attached hydrogens (tertiary/aromatic N) is 1. The highest BCUT2D eigenvalue weighted by molar-refractivity contribution is 6.05. The molecule has 2 aromatic rings. The molecular formula is C23H26N2O4. The monoisotopic (exact) mass is 394 g/mol. The van der Waals surface area contributed by atoms with Gasteiger partial charge in [-0.3, -0.25) is 9.59 Å². The third-order valence-electron chi connectivity index (χ3n) is 5.85. The van der Waals surface area contributed by atoms with Gasteiger partial charge in [0.2, 0.25) is 5.91 Å². The lowest BCUT2D eigenvalue weighted by Gasteiger charge is -2.21. The van der Waals surface area contributed by atoms with Gasteiger partial charge in [-0.25, -0.2) is 0 Å². The second kappa shape index (κ2) is 8.15. The Hall–Kier alpha value is -3.02. The van der Waals surface area contributed by atoms with Crippen molar-refractivity contribution >= 4 is 23.2 Å². The molecule has 0 aromatic heterocycles. The van der Waals surface area contributed by atoms with Crippen LogP contribution in [0, 0.1) is 5.92 Å². The minimum absolute atomic E-state index is 0.144. The van der Waals surface area contributed by atoms with Crippen molar-refractivity contribution in [1.82, 2.24) is 0 Å². The predicted octanol–water partition coefficient (Wildman–Crippen LogP) is 4.04. The Morgan fingerprint density at radius 3 is 2.48 bits per heavy atom. The number of benzene rings is 2. The van der Waals surface area contributed by atoms with Gasteiger partial charge in [0, 0.05) is 29.4 Å². The molecule has 6 nitrogen and oxygen atoms in total. The van der Waals surface area contributed by atoms with Crippen molar-refractivity contribution in [3.05, 3.63) is 47.5 Å². The van der Waals surface area contributed by atoms with Gasteiger partial charge in [0.1, 0.15) is 0 Å². The highest BCUT2D eigenvalue weighted by atomic mass is 16.5. The van der Waals surface area contributed by atoms with E-state index in [-0.39, 0.29) is 17.7 Å². The van der Waals surface area contributed by atoms with Crippen molar-refractivity contribution in [2.24, 2.45) is 5.92 Å². The summed E-state index contributed by atoms with van der Waals surface area (Å²) in [5.74, 6) is 1.21. The zero-order chi connectivity index (χ0) is 20.4. The molecule has 1 fully saturated rings. The number of carbonyl (C=O) groups excluding carboxylic acids is 2. The predicted molar refractivity (Wildman–Crippen MR) is 112 cm³/mol. The van der Waals surface area contributed by atoms with Crippen molar-refractivity contribution in [2.75, 3.05) is 31.0 Å². The van der Waals surface area contributed by atoms with Gasteiger partial charge in [0.25, 0.3) is 5.91 Å². The minimum Gasteiger partial charge on any atom is -0.493 e. The average Bonchev–Trinajstić information content (AvgIpc) is 3.42. The SMILES string of the molecule is COc1ccc(C(=O)Nc2ccc3c(c2)N(C(=O)C2CCCC2)CC3)cc1OC. The maximum absolute atomic E-state index is 12.9. The fourth-order valence-corrected chi connectivity index (χ4v) is 4.26. The maximum Gasteiger partial charge on any atom is 0.255 e. The second-order valence-corrected chi connectivity index (χ2v) is 7.59. The molecule has 0 spiro atoms. The van der Waals surface area contributed by atoms with Gasteiger partial charge in [-0.2, -0.15) is 0 Å². The van der Waals surface area contributed by atoms with E-state index >= 15 is 0 Å². The highest BCUT2D eigenvalue weighted by Crippen LogP contribution is 2.35. The Labute approximate surface area is 170 Å². The number of rotatable bonds is 5. The van der Waals surface area contributed by atoms with Crippen LogP contribution >= 0.6 is 0 Å². The smallest absolute Gasteiger partial charge is 0.255 e. The lowest BCUT2D eigenvalue weighted by Crippen LogP contribution is -2.33. The normalized spacial score (nSPS) is 15.9. The molecule has 2 aliphatic rings. The molecule has 1 aliphatic heterocycles. The molecule has 4 rings (SSSR count). The zero-order valence-corrected chi connectivity index (χ0v) is 16.9. The Bertz CT molecular complexity index is 934. The fraction of sp³-hybridized carbons (Fsp3) is 0.391. The number of fused-ring (bicyclic) bond motifs is 1. The summed E-state index contributed by atoms with van der Waals surface area (Å²) in [5, 5.41) is 2.93. The first-order valence-corrected chi connectivity index (χ1v) is 10.1.